The maximum Gasteiger partial charge on any atom is 0.305 e. The molecule has 0 aromatic heterocycles. The van der Waals surface area contributed by atoms with E-state index < -0.39 is 60.5 Å². The first kappa shape index (κ1) is 26.3. The van der Waals surface area contributed by atoms with Gasteiger partial charge < -0.3 is 28.6 Å². The van der Waals surface area contributed by atoms with Crippen LogP contribution in [0.3, 0.4) is 0 Å². The van der Waals surface area contributed by atoms with Crippen LogP contribution in [-0.4, -0.2) is 103 Å². The Morgan fingerprint density at radius 2 is 1.27 bits per heavy atom. The Labute approximate surface area is 191 Å². The van der Waals surface area contributed by atoms with Crippen LogP contribution in [0.15, 0.2) is 12.7 Å². The van der Waals surface area contributed by atoms with Gasteiger partial charge in [-0.1, -0.05) is 6.08 Å². The van der Waals surface area contributed by atoms with E-state index in [0.717, 1.165) is 27.7 Å². The van der Waals surface area contributed by atoms with Gasteiger partial charge in [-0.25, -0.2) is 0 Å². The lowest BCUT2D eigenvalue weighted by Gasteiger charge is -2.45. The molecule has 0 aliphatic carbocycles. The van der Waals surface area contributed by atoms with Gasteiger partial charge in [-0.2, -0.15) is 0 Å². The van der Waals surface area contributed by atoms with Gasteiger partial charge in [0.2, 0.25) is 12.4 Å². The second-order valence-corrected chi connectivity index (χ2v) is 7.67. The minimum absolute atomic E-state index is 0.364. The zero-order chi connectivity index (χ0) is 24.7. The van der Waals surface area contributed by atoms with Crippen LogP contribution in [0, 0.1) is 0 Å². The van der Waals surface area contributed by atoms with Crippen molar-refractivity contribution in [1.82, 2.24) is 9.80 Å². The summed E-state index contributed by atoms with van der Waals surface area (Å²) < 4.78 is 26.6. The van der Waals surface area contributed by atoms with E-state index in [0.29, 0.717) is 32.7 Å². The molecular formula is C21H30N2O10. The minimum Gasteiger partial charge on any atom is -0.455 e. The van der Waals surface area contributed by atoms with Gasteiger partial charge in [-0.3, -0.25) is 28.9 Å². The van der Waals surface area contributed by atoms with Gasteiger partial charge >= 0.3 is 23.9 Å². The van der Waals surface area contributed by atoms with Crippen LogP contribution in [0.1, 0.15) is 27.7 Å². The van der Waals surface area contributed by atoms with E-state index in [-0.39, 0.29) is 0 Å². The zero-order valence-electron chi connectivity index (χ0n) is 19.2. The topological polar surface area (TPSA) is 138 Å². The molecule has 184 valence electrons. The lowest BCUT2D eigenvalue weighted by atomic mass is 9.96. The summed E-state index contributed by atoms with van der Waals surface area (Å²) in [6.07, 6.45) is -5.64. The highest BCUT2D eigenvalue weighted by Crippen LogP contribution is 2.31. The molecule has 0 bridgehead atoms. The van der Waals surface area contributed by atoms with Crippen LogP contribution < -0.4 is 0 Å². The summed E-state index contributed by atoms with van der Waals surface area (Å²) in [5.74, 6) is -3.68. The van der Waals surface area contributed by atoms with Crippen LogP contribution in [0.4, 0.5) is 0 Å². The van der Waals surface area contributed by atoms with Crippen LogP contribution in [0.25, 0.3) is 0 Å². The molecule has 5 atom stereocenters. The van der Waals surface area contributed by atoms with Crippen molar-refractivity contribution in [3.8, 4) is 0 Å². The predicted octanol–water partition coefficient (Wildman–Crippen LogP) is -0.600. The molecule has 0 radical (unpaired) electrons. The van der Waals surface area contributed by atoms with Gasteiger partial charge in [0.15, 0.2) is 18.3 Å². The van der Waals surface area contributed by atoms with Gasteiger partial charge in [0.1, 0.15) is 0 Å². The third-order valence-corrected chi connectivity index (χ3v) is 5.00. The minimum atomic E-state index is -1.57. The quantitative estimate of drug-likeness (QED) is 0.268. The molecule has 12 nitrogen and oxygen atoms in total. The van der Waals surface area contributed by atoms with Gasteiger partial charge in [0.05, 0.1) is 0 Å². The summed E-state index contributed by atoms with van der Waals surface area (Å²) in [4.78, 5) is 64.0. The standard InChI is InChI=1S/C21H30N2O10/c1-6-7-22-8-10-23(11-9-22)20(28)18-16(29-12(2)24)17(30-13(3)25)19(31-14(4)26)21(33-18)32-15(5)27/h6,16-19,21H,1,7-11H2,2-5H3/t16-,17-,18-,19+,21+/m0/s1. The Balaban J connectivity index is 2.38. The van der Waals surface area contributed by atoms with Crippen molar-refractivity contribution in [2.75, 3.05) is 32.7 Å². The van der Waals surface area contributed by atoms with Crippen LogP contribution >= 0.6 is 0 Å². The Bertz CT molecular complexity index is 777. The van der Waals surface area contributed by atoms with E-state index in [4.69, 9.17) is 23.7 Å². The average molecular weight is 470 g/mol. The second kappa shape index (κ2) is 11.8. The fourth-order valence-electron chi connectivity index (χ4n) is 3.74. The summed E-state index contributed by atoms with van der Waals surface area (Å²) in [6, 6.07) is 0. The Hall–Kier alpha value is -2.99. The van der Waals surface area contributed by atoms with E-state index in [1.165, 1.54) is 4.90 Å². The lowest BCUT2D eigenvalue weighted by Crippen LogP contribution is -2.66. The summed E-state index contributed by atoms with van der Waals surface area (Å²) in [6.45, 7) is 10.7. The molecule has 2 fully saturated rings. The van der Waals surface area contributed by atoms with Crippen molar-refractivity contribution in [2.24, 2.45) is 0 Å². The smallest absolute Gasteiger partial charge is 0.305 e. The summed E-state index contributed by atoms with van der Waals surface area (Å²) >= 11 is 0. The maximum absolute atomic E-state index is 13.4. The number of amides is 1. The molecule has 1 amide bonds. The van der Waals surface area contributed by atoms with E-state index in [9.17, 15) is 24.0 Å². The van der Waals surface area contributed by atoms with Crippen molar-refractivity contribution < 1.29 is 47.7 Å². The molecule has 0 aromatic carbocycles. The van der Waals surface area contributed by atoms with E-state index in [1.54, 1.807) is 6.08 Å². The van der Waals surface area contributed by atoms with Crippen molar-refractivity contribution in [1.29, 1.82) is 0 Å². The van der Waals surface area contributed by atoms with Crippen molar-refractivity contribution in [2.45, 2.75) is 58.4 Å². The Morgan fingerprint density at radius 1 is 0.788 bits per heavy atom. The third-order valence-electron chi connectivity index (χ3n) is 5.00. The first-order valence-corrected chi connectivity index (χ1v) is 10.5. The first-order valence-electron chi connectivity index (χ1n) is 10.5. The largest absolute Gasteiger partial charge is 0.455 e. The number of nitrogens with zero attached hydrogens (tertiary/aromatic N) is 2. The van der Waals surface area contributed by atoms with E-state index in [2.05, 4.69) is 11.5 Å². The van der Waals surface area contributed by atoms with Gasteiger partial charge in [0, 0.05) is 60.4 Å². The molecule has 2 saturated heterocycles. The zero-order valence-corrected chi connectivity index (χ0v) is 19.2. The molecule has 33 heavy (non-hydrogen) atoms. The number of ether oxygens (including phenoxy) is 5. The van der Waals surface area contributed by atoms with Crippen LogP contribution in [0.2, 0.25) is 0 Å². The number of esters is 4. The number of carbonyl (C=O) groups is 5. The highest BCUT2D eigenvalue weighted by Gasteiger charge is 2.56. The third kappa shape index (κ3) is 7.26. The average Bonchev–Trinajstić information content (AvgIpc) is 2.71. The van der Waals surface area contributed by atoms with Crippen LogP contribution in [-0.2, 0) is 47.7 Å². The Kier molecular flexibility index (Phi) is 9.35. The molecule has 2 rings (SSSR count). The van der Waals surface area contributed by atoms with E-state index >= 15 is 0 Å². The predicted molar refractivity (Wildman–Crippen MR) is 110 cm³/mol. The first-order chi connectivity index (χ1) is 15.5. The van der Waals surface area contributed by atoms with Crippen molar-refractivity contribution in [3.05, 3.63) is 12.7 Å². The second-order valence-electron chi connectivity index (χ2n) is 7.67. The molecule has 2 aliphatic rings. The monoisotopic (exact) mass is 470 g/mol. The molecule has 0 spiro atoms. The van der Waals surface area contributed by atoms with E-state index in [1.807, 2.05) is 0 Å². The molecule has 12 heteroatoms. The highest BCUT2D eigenvalue weighted by molar-refractivity contribution is 5.83. The lowest BCUT2D eigenvalue weighted by molar-refractivity contribution is -0.292. The number of rotatable bonds is 7. The molecule has 2 heterocycles. The van der Waals surface area contributed by atoms with Gasteiger partial charge in [-0.15, -0.1) is 6.58 Å². The molecular weight excluding hydrogens is 440 g/mol. The molecule has 2 aliphatic heterocycles. The maximum atomic E-state index is 13.4. The summed E-state index contributed by atoms with van der Waals surface area (Å²) in [5.41, 5.74) is 0. The normalized spacial score (nSPS) is 27.8. The van der Waals surface area contributed by atoms with Crippen molar-refractivity contribution >= 4 is 29.8 Å². The van der Waals surface area contributed by atoms with Gasteiger partial charge in [-0.05, 0) is 0 Å². The molecule has 0 saturated carbocycles. The highest BCUT2D eigenvalue weighted by atomic mass is 16.7. The summed E-state index contributed by atoms with van der Waals surface area (Å²) in [5, 5.41) is 0. The Morgan fingerprint density at radius 3 is 1.76 bits per heavy atom. The van der Waals surface area contributed by atoms with Crippen LogP contribution in [0.5, 0.6) is 0 Å². The van der Waals surface area contributed by atoms with Gasteiger partial charge in [0.25, 0.3) is 5.91 Å². The number of carbonyl (C=O) groups excluding carboxylic acids is 5. The number of piperazine rings is 1. The number of hydrogen-bond donors (Lipinski definition) is 0. The number of hydrogen-bond acceptors (Lipinski definition) is 11. The summed E-state index contributed by atoms with van der Waals surface area (Å²) in [7, 11) is 0. The fourth-order valence-corrected chi connectivity index (χ4v) is 3.74. The molecule has 0 unspecified atom stereocenters. The SMILES string of the molecule is C=CCN1CCN(C(=O)[C@H]2O[C@@H](OC(C)=O)[C@H](OC(C)=O)[C@@H](OC(C)=O)[C@@H]2OC(C)=O)CC1. The molecule has 0 aromatic rings. The van der Waals surface area contributed by atoms with Crippen molar-refractivity contribution in [3.63, 3.8) is 0 Å². The fraction of sp³-hybridized carbons (Fsp3) is 0.667. The molecule has 0 N–H and O–H groups in total.